The second-order valence-electron chi connectivity index (χ2n) is 8.54. The van der Waals surface area contributed by atoms with E-state index in [1.807, 2.05) is 0 Å². The lowest BCUT2D eigenvalue weighted by atomic mass is 9.68. The van der Waals surface area contributed by atoms with Crippen LogP contribution in [0.3, 0.4) is 0 Å². The molecule has 0 aromatic heterocycles. The predicted octanol–water partition coefficient (Wildman–Crippen LogP) is 3.22. The number of nitrogens with zero attached hydrogens (tertiary/aromatic N) is 3. The SMILES string of the molecule is CN1CCC(CN(C)C2CC(C(C)(C)C)CCC2C#N)C1. The summed E-state index contributed by atoms with van der Waals surface area (Å²) in [5.41, 5.74) is 0.368. The smallest absolute Gasteiger partial charge is 0.0672 e. The van der Waals surface area contributed by atoms with Gasteiger partial charge in [-0.25, -0.2) is 0 Å². The summed E-state index contributed by atoms with van der Waals surface area (Å²) >= 11 is 0. The molecule has 4 atom stereocenters. The number of nitriles is 1. The fourth-order valence-electron chi connectivity index (χ4n) is 4.29. The van der Waals surface area contributed by atoms with E-state index >= 15 is 0 Å². The summed E-state index contributed by atoms with van der Waals surface area (Å²) in [4.78, 5) is 4.94. The van der Waals surface area contributed by atoms with Gasteiger partial charge in [0.15, 0.2) is 0 Å². The van der Waals surface area contributed by atoms with Crippen molar-refractivity contribution in [3.05, 3.63) is 0 Å². The highest BCUT2D eigenvalue weighted by molar-refractivity contribution is 4.99. The molecule has 120 valence electrons. The molecule has 1 aliphatic carbocycles. The zero-order valence-corrected chi connectivity index (χ0v) is 14.6. The van der Waals surface area contributed by atoms with Crippen LogP contribution < -0.4 is 0 Å². The summed E-state index contributed by atoms with van der Waals surface area (Å²) < 4.78 is 0. The van der Waals surface area contributed by atoms with E-state index in [0.29, 0.717) is 11.5 Å². The number of hydrogen-bond donors (Lipinski definition) is 0. The minimum atomic E-state index is 0.229. The number of rotatable bonds is 3. The molecule has 1 aliphatic heterocycles. The average molecular weight is 291 g/mol. The van der Waals surface area contributed by atoms with Gasteiger partial charge in [-0.05, 0) is 63.6 Å². The zero-order chi connectivity index (χ0) is 15.6. The molecule has 0 aromatic carbocycles. The van der Waals surface area contributed by atoms with Crippen molar-refractivity contribution in [1.29, 1.82) is 5.26 Å². The summed E-state index contributed by atoms with van der Waals surface area (Å²) in [7, 11) is 4.46. The van der Waals surface area contributed by atoms with Crippen molar-refractivity contribution < 1.29 is 0 Å². The van der Waals surface area contributed by atoms with Crippen LogP contribution >= 0.6 is 0 Å². The molecule has 0 bridgehead atoms. The third kappa shape index (κ3) is 4.20. The Labute approximate surface area is 131 Å². The van der Waals surface area contributed by atoms with Gasteiger partial charge >= 0.3 is 0 Å². The van der Waals surface area contributed by atoms with Gasteiger partial charge in [0.05, 0.1) is 12.0 Å². The van der Waals surface area contributed by atoms with Crippen LogP contribution in [0.4, 0.5) is 0 Å². The third-order valence-electron chi connectivity index (χ3n) is 5.81. The van der Waals surface area contributed by atoms with Gasteiger partial charge in [-0.15, -0.1) is 0 Å². The Balaban J connectivity index is 1.98. The molecule has 4 unspecified atom stereocenters. The maximum Gasteiger partial charge on any atom is 0.0672 e. The van der Waals surface area contributed by atoms with Crippen molar-refractivity contribution in [1.82, 2.24) is 9.80 Å². The van der Waals surface area contributed by atoms with Crippen molar-refractivity contribution >= 4 is 0 Å². The van der Waals surface area contributed by atoms with E-state index in [1.54, 1.807) is 0 Å². The normalized spacial score (nSPS) is 35.1. The largest absolute Gasteiger partial charge is 0.306 e. The molecule has 21 heavy (non-hydrogen) atoms. The standard InChI is InChI=1S/C18H33N3/c1-18(2,3)16-7-6-15(11-19)17(10-16)21(5)13-14-8-9-20(4)12-14/h14-17H,6-10,12-13H2,1-5H3. The molecule has 1 saturated carbocycles. The molecule has 1 saturated heterocycles. The lowest BCUT2D eigenvalue weighted by Crippen LogP contribution is -2.46. The van der Waals surface area contributed by atoms with Crippen LogP contribution in [0.2, 0.25) is 0 Å². The Kier molecular flexibility index (Phi) is 5.33. The van der Waals surface area contributed by atoms with Crippen LogP contribution in [-0.2, 0) is 0 Å². The topological polar surface area (TPSA) is 30.3 Å². The highest BCUT2D eigenvalue weighted by Gasteiger charge is 2.38. The Bertz CT molecular complexity index is 379. The first-order valence-electron chi connectivity index (χ1n) is 8.59. The van der Waals surface area contributed by atoms with Crippen molar-refractivity contribution in [3.63, 3.8) is 0 Å². The molecule has 1 heterocycles. The first kappa shape index (κ1) is 16.8. The van der Waals surface area contributed by atoms with E-state index in [2.05, 4.69) is 50.7 Å². The van der Waals surface area contributed by atoms with Crippen LogP contribution in [0.15, 0.2) is 0 Å². The van der Waals surface area contributed by atoms with Gasteiger partial charge in [0.25, 0.3) is 0 Å². The van der Waals surface area contributed by atoms with E-state index in [-0.39, 0.29) is 5.92 Å². The fourth-order valence-corrected chi connectivity index (χ4v) is 4.29. The van der Waals surface area contributed by atoms with Gasteiger partial charge in [0, 0.05) is 19.1 Å². The predicted molar refractivity (Wildman–Crippen MR) is 87.9 cm³/mol. The van der Waals surface area contributed by atoms with Crippen molar-refractivity contribution in [2.24, 2.45) is 23.2 Å². The summed E-state index contributed by atoms with van der Waals surface area (Å²) in [6.45, 7) is 10.7. The van der Waals surface area contributed by atoms with E-state index in [9.17, 15) is 5.26 Å². The van der Waals surface area contributed by atoms with Gasteiger partial charge in [-0.1, -0.05) is 20.8 Å². The molecule has 3 nitrogen and oxygen atoms in total. The van der Waals surface area contributed by atoms with Crippen molar-refractivity contribution in [3.8, 4) is 6.07 Å². The average Bonchev–Trinajstić information content (AvgIpc) is 2.82. The fraction of sp³-hybridized carbons (Fsp3) is 0.944. The van der Waals surface area contributed by atoms with Gasteiger partial charge < -0.3 is 9.80 Å². The highest BCUT2D eigenvalue weighted by atomic mass is 15.2. The van der Waals surface area contributed by atoms with Crippen LogP contribution in [0, 0.1) is 34.5 Å². The van der Waals surface area contributed by atoms with Crippen molar-refractivity contribution in [2.45, 2.75) is 52.5 Å². The van der Waals surface area contributed by atoms with Crippen LogP contribution in [0.5, 0.6) is 0 Å². The lowest BCUT2D eigenvalue weighted by Gasteiger charge is -2.43. The van der Waals surface area contributed by atoms with Crippen LogP contribution in [-0.4, -0.2) is 49.6 Å². The van der Waals surface area contributed by atoms with Crippen LogP contribution in [0.25, 0.3) is 0 Å². The van der Waals surface area contributed by atoms with Gasteiger partial charge in [-0.2, -0.15) is 5.26 Å². The number of likely N-dealkylation sites (tertiary alicyclic amines) is 1. The van der Waals surface area contributed by atoms with Crippen LogP contribution in [0.1, 0.15) is 46.5 Å². The highest BCUT2D eigenvalue weighted by Crippen LogP contribution is 2.41. The Morgan fingerprint density at radius 2 is 1.95 bits per heavy atom. The van der Waals surface area contributed by atoms with Crippen molar-refractivity contribution in [2.75, 3.05) is 33.7 Å². The van der Waals surface area contributed by atoms with Gasteiger partial charge in [-0.3, -0.25) is 0 Å². The third-order valence-corrected chi connectivity index (χ3v) is 5.81. The Hall–Kier alpha value is -0.590. The number of hydrogen-bond acceptors (Lipinski definition) is 3. The maximum absolute atomic E-state index is 9.52. The minimum absolute atomic E-state index is 0.229. The Morgan fingerprint density at radius 3 is 2.48 bits per heavy atom. The second kappa shape index (κ2) is 6.67. The summed E-state index contributed by atoms with van der Waals surface area (Å²) in [5.74, 6) is 1.77. The molecule has 2 rings (SSSR count). The lowest BCUT2D eigenvalue weighted by molar-refractivity contribution is 0.0674. The first-order chi connectivity index (χ1) is 9.81. The molecule has 0 N–H and O–H groups in total. The van der Waals surface area contributed by atoms with E-state index in [0.717, 1.165) is 24.8 Å². The molecular weight excluding hydrogens is 258 g/mol. The summed E-state index contributed by atoms with van der Waals surface area (Å²) in [6.07, 6.45) is 4.81. The van der Waals surface area contributed by atoms with E-state index < -0.39 is 0 Å². The van der Waals surface area contributed by atoms with Gasteiger partial charge in [0.2, 0.25) is 0 Å². The summed E-state index contributed by atoms with van der Waals surface area (Å²) in [5, 5.41) is 9.52. The van der Waals surface area contributed by atoms with E-state index in [4.69, 9.17) is 0 Å². The molecule has 0 spiro atoms. The van der Waals surface area contributed by atoms with Gasteiger partial charge in [0.1, 0.15) is 0 Å². The monoisotopic (exact) mass is 291 g/mol. The molecular formula is C18H33N3. The Morgan fingerprint density at radius 1 is 1.24 bits per heavy atom. The molecule has 2 aliphatic rings. The first-order valence-corrected chi connectivity index (χ1v) is 8.59. The molecule has 0 aromatic rings. The zero-order valence-electron chi connectivity index (χ0n) is 14.6. The quantitative estimate of drug-likeness (QED) is 0.800. The molecule has 2 fully saturated rings. The molecule has 3 heteroatoms. The minimum Gasteiger partial charge on any atom is -0.306 e. The second-order valence-corrected chi connectivity index (χ2v) is 8.54. The molecule has 0 radical (unpaired) electrons. The van der Waals surface area contributed by atoms with E-state index in [1.165, 1.54) is 32.4 Å². The molecule has 0 amide bonds. The maximum atomic E-state index is 9.52. The summed E-state index contributed by atoms with van der Waals surface area (Å²) in [6, 6.07) is 3.05.